The van der Waals surface area contributed by atoms with Crippen molar-refractivity contribution in [1.29, 1.82) is 0 Å². The third-order valence-corrected chi connectivity index (χ3v) is 2.21. The van der Waals surface area contributed by atoms with Gasteiger partial charge in [-0.1, -0.05) is 16.8 Å². The molecule has 0 aliphatic carbocycles. The Balaban J connectivity index is 2.46. The highest BCUT2D eigenvalue weighted by molar-refractivity contribution is 6.33. The molecule has 3 nitrogen and oxygen atoms in total. The predicted octanol–water partition coefficient (Wildman–Crippen LogP) is 3.41. The molecule has 0 bridgehead atoms. The smallest absolute Gasteiger partial charge is 0.342 e. The van der Waals surface area contributed by atoms with Gasteiger partial charge in [0.2, 0.25) is 12.2 Å². The maximum absolute atomic E-state index is 12.3. The molecule has 0 spiro atoms. The average Bonchev–Trinajstić information content (AvgIpc) is 2.69. The number of alkyl halides is 3. The van der Waals surface area contributed by atoms with Crippen LogP contribution in [0.25, 0.3) is 11.4 Å². The van der Waals surface area contributed by atoms with E-state index in [0.29, 0.717) is 5.56 Å². The summed E-state index contributed by atoms with van der Waals surface area (Å²) in [4.78, 5) is 3.70. The quantitative estimate of drug-likeness (QED) is 0.776. The number of hydrogen-bond acceptors (Lipinski definition) is 3. The summed E-state index contributed by atoms with van der Waals surface area (Å²) in [6.45, 7) is 0. The Labute approximate surface area is 92.8 Å². The Morgan fingerprint density at radius 2 is 2.00 bits per heavy atom. The van der Waals surface area contributed by atoms with Crippen molar-refractivity contribution >= 4 is 11.6 Å². The molecule has 0 unspecified atom stereocenters. The minimum atomic E-state index is -4.42. The van der Waals surface area contributed by atoms with E-state index in [2.05, 4.69) is 14.7 Å². The van der Waals surface area contributed by atoms with E-state index in [1.807, 2.05) is 0 Å². The van der Waals surface area contributed by atoms with E-state index in [4.69, 9.17) is 11.6 Å². The number of aromatic nitrogens is 2. The molecule has 84 valence electrons. The molecule has 0 radical (unpaired) electrons. The summed E-state index contributed by atoms with van der Waals surface area (Å²) in [6.07, 6.45) is -3.34. The second-order valence-electron chi connectivity index (χ2n) is 2.95. The molecule has 1 heterocycles. The molecule has 0 aliphatic heterocycles. The second kappa shape index (κ2) is 3.79. The van der Waals surface area contributed by atoms with E-state index in [9.17, 15) is 13.2 Å². The van der Waals surface area contributed by atoms with Gasteiger partial charge >= 0.3 is 6.18 Å². The zero-order chi connectivity index (χ0) is 11.8. The molecule has 1 aromatic carbocycles. The average molecular weight is 249 g/mol. The van der Waals surface area contributed by atoms with E-state index in [-0.39, 0.29) is 10.8 Å². The highest BCUT2D eigenvalue weighted by Gasteiger charge is 2.31. The highest BCUT2D eigenvalue weighted by Crippen LogP contribution is 2.34. The lowest BCUT2D eigenvalue weighted by Crippen LogP contribution is -2.04. The van der Waals surface area contributed by atoms with Gasteiger partial charge in [-0.25, -0.2) is 0 Å². The fourth-order valence-corrected chi connectivity index (χ4v) is 1.43. The Morgan fingerprint density at radius 3 is 2.50 bits per heavy atom. The standard InChI is InChI=1S/C9H4ClF3N2O/c10-7-3-5(9(11,12)13)1-2-6(7)8-14-4-16-15-8/h1-4H. The van der Waals surface area contributed by atoms with Crippen LogP contribution in [0.1, 0.15) is 5.56 Å². The maximum Gasteiger partial charge on any atom is 0.416 e. The van der Waals surface area contributed by atoms with Crippen molar-refractivity contribution in [1.82, 2.24) is 10.1 Å². The molecular weight excluding hydrogens is 245 g/mol. The first-order valence-corrected chi connectivity index (χ1v) is 4.50. The van der Waals surface area contributed by atoms with Gasteiger partial charge in [-0.3, -0.25) is 0 Å². The van der Waals surface area contributed by atoms with Crippen LogP contribution in [0.5, 0.6) is 0 Å². The van der Waals surface area contributed by atoms with E-state index in [1.165, 1.54) is 6.07 Å². The van der Waals surface area contributed by atoms with Crippen LogP contribution in [0.3, 0.4) is 0 Å². The maximum atomic E-state index is 12.3. The summed E-state index contributed by atoms with van der Waals surface area (Å²) in [5.41, 5.74) is -0.520. The van der Waals surface area contributed by atoms with E-state index in [0.717, 1.165) is 18.5 Å². The first-order chi connectivity index (χ1) is 7.48. The van der Waals surface area contributed by atoms with Gasteiger partial charge in [-0.2, -0.15) is 18.2 Å². The van der Waals surface area contributed by atoms with E-state index in [1.54, 1.807) is 0 Å². The van der Waals surface area contributed by atoms with Crippen LogP contribution in [0, 0.1) is 0 Å². The molecule has 1 aromatic heterocycles. The monoisotopic (exact) mass is 248 g/mol. The van der Waals surface area contributed by atoms with Crippen LogP contribution < -0.4 is 0 Å². The van der Waals surface area contributed by atoms with Crippen LogP contribution >= 0.6 is 11.6 Å². The topological polar surface area (TPSA) is 38.9 Å². The molecule has 0 amide bonds. The van der Waals surface area contributed by atoms with Crippen molar-refractivity contribution in [3.05, 3.63) is 35.2 Å². The second-order valence-corrected chi connectivity index (χ2v) is 3.35. The molecule has 7 heteroatoms. The number of rotatable bonds is 1. The summed E-state index contributed by atoms with van der Waals surface area (Å²) < 4.78 is 41.5. The predicted molar refractivity (Wildman–Crippen MR) is 49.7 cm³/mol. The molecule has 0 atom stereocenters. The fourth-order valence-electron chi connectivity index (χ4n) is 1.16. The Morgan fingerprint density at radius 1 is 1.25 bits per heavy atom. The van der Waals surface area contributed by atoms with Crippen molar-refractivity contribution in [3.8, 4) is 11.4 Å². The van der Waals surface area contributed by atoms with Crippen LogP contribution in [-0.4, -0.2) is 10.1 Å². The minimum Gasteiger partial charge on any atom is -0.342 e. The zero-order valence-electron chi connectivity index (χ0n) is 7.62. The lowest BCUT2D eigenvalue weighted by atomic mass is 10.1. The molecule has 0 saturated carbocycles. The highest BCUT2D eigenvalue weighted by atomic mass is 35.5. The van der Waals surface area contributed by atoms with Gasteiger partial charge in [0.25, 0.3) is 0 Å². The van der Waals surface area contributed by atoms with Gasteiger partial charge in [0.05, 0.1) is 10.6 Å². The summed E-state index contributed by atoms with van der Waals surface area (Å²) in [7, 11) is 0. The first-order valence-electron chi connectivity index (χ1n) is 4.12. The van der Waals surface area contributed by atoms with Gasteiger partial charge in [-0.05, 0) is 18.2 Å². The van der Waals surface area contributed by atoms with Crippen molar-refractivity contribution in [2.45, 2.75) is 6.18 Å². The van der Waals surface area contributed by atoms with Crippen molar-refractivity contribution in [3.63, 3.8) is 0 Å². The Kier molecular flexibility index (Phi) is 2.59. The lowest BCUT2D eigenvalue weighted by Gasteiger charge is -2.07. The van der Waals surface area contributed by atoms with Crippen LogP contribution in [0.2, 0.25) is 5.02 Å². The molecule has 0 fully saturated rings. The normalized spacial score (nSPS) is 11.8. The van der Waals surface area contributed by atoms with Gasteiger partial charge < -0.3 is 4.52 Å². The van der Waals surface area contributed by atoms with Crippen LogP contribution in [0.15, 0.2) is 29.1 Å². The van der Waals surface area contributed by atoms with Crippen LogP contribution in [0.4, 0.5) is 13.2 Å². The first kappa shape index (κ1) is 10.9. The molecule has 2 aromatic rings. The molecule has 0 aliphatic rings. The summed E-state index contributed by atoms with van der Waals surface area (Å²) in [6, 6.07) is 2.95. The summed E-state index contributed by atoms with van der Waals surface area (Å²) >= 11 is 5.71. The summed E-state index contributed by atoms with van der Waals surface area (Å²) in [5.74, 6) is 0.152. The lowest BCUT2D eigenvalue weighted by molar-refractivity contribution is -0.137. The number of hydrogen-bond donors (Lipinski definition) is 0. The van der Waals surface area contributed by atoms with E-state index >= 15 is 0 Å². The number of benzene rings is 1. The third kappa shape index (κ3) is 2.01. The van der Waals surface area contributed by atoms with Crippen LogP contribution in [-0.2, 0) is 6.18 Å². The van der Waals surface area contributed by atoms with Crippen molar-refractivity contribution < 1.29 is 17.7 Å². The SMILES string of the molecule is FC(F)(F)c1ccc(-c2ncon2)c(Cl)c1. The van der Waals surface area contributed by atoms with Gasteiger partial charge in [0.15, 0.2) is 0 Å². The largest absolute Gasteiger partial charge is 0.416 e. The number of halogens is 4. The fraction of sp³-hybridized carbons (Fsp3) is 0.111. The van der Waals surface area contributed by atoms with Gasteiger partial charge in [0.1, 0.15) is 0 Å². The van der Waals surface area contributed by atoms with Gasteiger partial charge in [-0.15, -0.1) is 0 Å². The molecular formula is C9H4ClF3N2O. The molecule has 0 N–H and O–H groups in total. The molecule has 2 rings (SSSR count). The van der Waals surface area contributed by atoms with E-state index < -0.39 is 11.7 Å². The molecule has 16 heavy (non-hydrogen) atoms. The Bertz CT molecular complexity index is 496. The number of nitrogens with zero attached hydrogens (tertiary/aromatic N) is 2. The third-order valence-electron chi connectivity index (χ3n) is 1.90. The van der Waals surface area contributed by atoms with Gasteiger partial charge in [0, 0.05) is 5.56 Å². The zero-order valence-corrected chi connectivity index (χ0v) is 8.38. The van der Waals surface area contributed by atoms with Crippen molar-refractivity contribution in [2.24, 2.45) is 0 Å². The van der Waals surface area contributed by atoms with Crippen molar-refractivity contribution in [2.75, 3.05) is 0 Å². The summed E-state index contributed by atoms with van der Waals surface area (Å²) in [5, 5.41) is 3.41. The molecule has 0 saturated heterocycles. The minimum absolute atomic E-state index is 0.0729. The Hall–Kier alpha value is -1.56.